The van der Waals surface area contributed by atoms with Gasteiger partial charge in [0, 0.05) is 10.6 Å². The summed E-state index contributed by atoms with van der Waals surface area (Å²) in [5.41, 5.74) is 7.85. The SMILES string of the molecule is NC(=O)N/N=C/c1ccccc1OC(=O)c1ccc(Cl)cc1. The second-order valence-electron chi connectivity index (χ2n) is 4.17. The number of hydrazone groups is 1. The molecule has 0 saturated carbocycles. The first kappa shape index (κ1) is 15.5. The topological polar surface area (TPSA) is 93.8 Å². The van der Waals surface area contributed by atoms with Crippen LogP contribution in [0.5, 0.6) is 5.75 Å². The lowest BCUT2D eigenvalue weighted by atomic mass is 10.2. The molecule has 0 heterocycles. The Morgan fingerprint density at radius 2 is 1.82 bits per heavy atom. The fourth-order valence-electron chi connectivity index (χ4n) is 1.59. The number of amides is 2. The van der Waals surface area contributed by atoms with E-state index in [0.29, 0.717) is 21.9 Å². The fraction of sp³-hybridized carbons (Fsp3) is 0. The van der Waals surface area contributed by atoms with Crippen LogP contribution in [0.15, 0.2) is 53.6 Å². The standard InChI is InChI=1S/C15H12ClN3O3/c16-12-7-5-10(6-8-12)14(20)22-13-4-2-1-3-11(13)9-18-19-15(17)21/h1-9H,(H3,17,19,21)/b18-9+. The van der Waals surface area contributed by atoms with Crippen LogP contribution in [0, 0.1) is 0 Å². The van der Waals surface area contributed by atoms with Gasteiger partial charge in [-0.05, 0) is 36.4 Å². The third-order valence-corrected chi connectivity index (χ3v) is 2.83. The van der Waals surface area contributed by atoms with Gasteiger partial charge in [-0.3, -0.25) is 0 Å². The molecule has 0 aliphatic rings. The number of hydrogen-bond donors (Lipinski definition) is 2. The van der Waals surface area contributed by atoms with Crippen LogP contribution < -0.4 is 15.9 Å². The summed E-state index contributed by atoms with van der Waals surface area (Å²) in [6.07, 6.45) is 1.33. The van der Waals surface area contributed by atoms with Crippen LogP contribution in [0.4, 0.5) is 4.79 Å². The lowest BCUT2D eigenvalue weighted by Gasteiger charge is -2.07. The maximum atomic E-state index is 12.1. The van der Waals surface area contributed by atoms with Crippen LogP contribution in [0.2, 0.25) is 5.02 Å². The van der Waals surface area contributed by atoms with Crippen molar-refractivity contribution in [3.05, 3.63) is 64.7 Å². The Balaban J connectivity index is 2.15. The predicted molar refractivity (Wildman–Crippen MR) is 83.2 cm³/mol. The zero-order valence-corrected chi connectivity index (χ0v) is 12.1. The van der Waals surface area contributed by atoms with E-state index in [1.807, 2.05) is 0 Å². The third-order valence-electron chi connectivity index (χ3n) is 2.58. The Morgan fingerprint density at radius 3 is 2.50 bits per heavy atom. The number of benzene rings is 2. The van der Waals surface area contributed by atoms with Crippen molar-refractivity contribution in [3.8, 4) is 5.75 Å². The molecule has 0 fully saturated rings. The highest BCUT2D eigenvalue weighted by Crippen LogP contribution is 2.18. The maximum Gasteiger partial charge on any atom is 0.343 e. The number of carbonyl (C=O) groups excluding carboxylic acids is 2. The largest absolute Gasteiger partial charge is 0.422 e. The van der Waals surface area contributed by atoms with Crippen molar-refractivity contribution in [1.82, 2.24) is 5.43 Å². The predicted octanol–water partition coefficient (Wildman–Crippen LogP) is 2.56. The van der Waals surface area contributed by atoms with Gasteiger partial charge < -0.3 is 10.5 Å². The number of nitrogens with two attached hydrogens (primary N) is 1. The van der Waals surface area contributed by atoms with E-state index in [1.54, 1.807) is 48.5 Å². The van der Waals surface area contributed by atoms with Crippen LogP contribution in [-0.2, 0) is 0 Å². The first-order valence-corrected chi connectivity index (χ1v) is 6.59. The molecular weight excluding hydrogens is 306 g/mol. The quantitative estimate of drug-likeness (QED) is 0.393. The molecule has 3 N–H and O–H groups in total. The van der Waals surface area contributed by atoms with Crippen LogP contribution in [0.1, 0.15) is 15.9 Å². The molecule has 112 valence electrons. The summed E-state index contributed by atoms with van der Waals surface area (Å²) in [4.78, 5) is 22.6. The third kappa shape index (κ3) is 4.32. The van der Waals surface area contributed by atoms with Crippen molar-refractivity contribution in [3.63, 3.8) is 0 Å². The molecule has 22 heavy (non-hydrogen) atoms. The lowest BCUT2D eigenvalue weighted by Crippen LogP contribution is -2.24. The van der Waals surface area contributed by atoms with Gasteiger partial charge in [-0.15, -0.1) is 0 Å². The maximum absolute atomic E-state index is 12.1. The van der Waals surface area contributed by atoms with Gasteiger partial charge in [0.1, 0.15) is 5.75 Å². The molecule has 6 nitrogen and oxygen atoms in total. The zero-order chi connectivity index (χ0) is 15.9. The molecular formula is C15H12ClN3O3. The molecule has 2 aromatic rings. The molecule has 0 radical (unpaired) electrons. The summed E-state index contributed by atoms with van der Waals surface area (Å²) in [7, 11) is 0. The normalized spacial score (nSPS) is 10.4. The molecule has 0 aliphatic carbocycles. The number of rotatable bonds is 4. The van der Waals surface area contributed by atoms with Gasteiger partial charge in [0.15, 0.2) is 0 Å². The monoisotopic (exact) mass is 317 g/mol. The van der Waals surface area contributed by atoms with E-state index in [9.17, 15) is 9.59 Å². The van der Waals surface area contributed by atoms with Crippen LogP contribution in [0.3, 0.4) is 0 Å². The van der Waals surface area contributed by atoms with E-state index in [2.05, 4.69) is 10.5 Å². The number of urea groups is 1. The van der Waals surface area contributed by atoms with Gasteiger partial charge in [0.05, 0.1) is 11.8 Å². The molecule has 0 saturated heterocycles. The Kier molecular flexibility index (Phi) is 5.11. The van der Waals surface area contributed by atoms with Gasteiger partial charge in [-0.1, -0.05) is 23.7 Å². The highest BCUT2D eigenvalue weighted by Gasteiger charge is 2.10. The number of esters is 1. The first-order valence-electron chi connectivity index (χ1n) is 6.21. The molecule has 2 rings (SSSR count). The number of halogens is 1. The van der Waals surface area contributed by atoms with Crippen molar-refractivity contribution >= 4 is 29.8 Å². The molecule has 0 unspecified atom stereocenters. The molecule has 2 amide bonds. The average Bonchev–Trinajstić information content (AvgIpc) is 2.49. The van der Waals surface area contributed by atoms with Crippen molar-refractivity contribution in [1.29, 1.82) is 0 Å². The van der Waals surface area contributed by atoms with Crippen molar-refractivity contribution in [2.75, 3.05) is 0 Å². The number of hydrogen-bond acceptors (Lipinski definition) is 4. The summed E-state index contributed by atoms with van der Waals surface area (Å²) < 4.78 is 5.31. The van der Waals surface area contributed by atoms with Crippen LogP contribution >= 0.6 is 11.6 Å². The van der Waals surface area contributed by atoms with Crippen molar-refractivity contribution in [2.45, 2.75) is 0 Å². The minimum Gasteiger partial charge on any atom is -0.422 e. The average molecular weight is 318 g/mol. The number of nitrogens with zero attached hydrogens (tertiary/aromatic N) is 1. The Morgan fingerprint density at radius 1 is 1.14 bits per heavy atom. The van der Waals surface area contributed by atoms with E-state index >= 15 is 0 Å². The summed E-state index contributed by atoms with van der Waals surface area (Å²) in [6, 6.07) is 12.3. The van der Waals surface area contributed by atoms with E-state index in [-0.39, 0.29) is 0 Å². The molecule has 0 aliphatic heterocycles. The highest BCUT2D eigenvalue weighted by atomic mass is 35.5. The van der Waals surface area contributed by atoms with E-state index < -0.39 is 12.0 Å². The van der Waals surface area contributed by atoms with Crippen molar-refractivity contribution < 1.29 is 14.3 Å². The number of nitrogens with one attached hydrogen (secondary N) is 1. The summed E-state index contributed by atoms with van der Waals surface area (Å²) in [5, 5.41) is 4.16. The van der Waals surface area contributed by atoms with Gasteiger partial charge in [0.2, 0.25) is 0 Å². The minimum absolute atomic E-state index is 0.303. The molecule has 7 heteroatoms. The van der Waals surface area contributed by atoms with Crippen LogP contribution in [-0.4, -0.2) is 18.2 Å². The van der Waals surface area contributed by atoms with Gasteiger partial charge >= 0.3 is 12.0 Å². The minimum atomic E-state index is -0.785. The Labute approximate surface area is 131 Å². The summed E-state index contributed by atoms with van der Waals surface area (Å²) in [5.74, 6) is -0.224. The summed E-state index contributed by atoms with van der Waals surface area (Å²) >= 11 is 5.77. The molecule has 0 spiro atoms. The molecule has 0 aromatic heterocycles. The Bertz CT molecular complexity index is 714. The van der Waals surface area contributed by atoms with E-state index in [4.69, 9.17) is 22.1 Å². The smallest absolute Gasteiger partial charge is 0.343 e. The second-order valence-corrected chi connectivity index (χ2v) is 4.60. The molecule has 0 atom stereocenters. The van der Waals surface area contributed by atoms with E-state index in [1.165, 1.54) is 6.21 Å². The zero-order valence-electron chi connectivity index (χ0n) is 11.3. The molecule has 0 bridgehead atoms. The van der Waals surface area contributed by atoms with Crippen molar-refractivity contribution in [2.24, 2.45) is 10.8 Å². The number of ether oxygens (including phenoxy) is 1. The fourth-order valence-corrected chi connectivity index (χ4v) is 1.72. The first-order chi connectivity index (χ1) is 10.6. The van der Waals surface area contributed by atoms with E-state index in [0.717, 1.165) is 0 Å². The number of para-hydroxylation sites is 1. The molecule has 2 aromatic carbocycles. The van der Waals surface area contributed by atoms with Gasteiger partial charge in [0.25, 0.3) is 0 Å². The highest BCUT2D eigenvalue weighted by molar-refractivity contribution is 6.30. The second kappa shape index (κ2) is 7.24. The summed E-state index contributed by atoms with van der Waals surface area (Å²) in [6.45, 7) is 0. The lowest BCUT2D eigenvalue weighted by molar-refractivity contribution is 0.0734. The number of primary amides is 1. The van der Waals surface area contributed by atoms with Gasteiger partial charge in [-0.2, -0.15) is 5.10 Å². The van der Waals surface area contributed by atoms with Crippen LogP contribution in [0.25, 0.3) is 0 Å². The Hall–Kier alpha value is -2.86. The number of carbonyl (C=O) groups is 2. The van der Waals surface area contributed by atoms with Gasteiger partial charge in [-0.25, -0.2) is 15.0 Å².